The van der Waals surface area contributed by atoms with Gasteiger partial charge in [0.05, 0.1) is 7.11 Å². The number of rotatable bonds is 3. The molecule has 0 aromatic heterocycles. The van der Waals surface area contributed by atoms with E-state index in [0.29, 0.717) is 0 Å². The maximum atomic E-state index is 5.62. The van der Waals surface area contributed by atoms with Crippen LogP contribution in [-0.4, -0.2) is 20.2 Å². The average molecular weight is 312 g/mol. The number of hydrogen-bond acceptors (Lipinski definition) is 2. The van der Waals surface area contributed by atoms with Crippen LogP contribution in [0.25, 0.3) is 0 Å². The van der Waals surface area contributed by atoms with E-state index in [4.69, 9.17) is 4.74 Å². The molecule has 100 valence electrons. The van der Waals surface area contributed by atoms with Gasteiger partial charge in [-0.15, -0.1) is 0 Å². The van der Waals surface area contributed by atoms with Crippen molar-refractivity contribution in [1.29, 1.82) is 0 Å². The van der Waals surface area contributed by atoms with E-state index in [-0.39, 0.29) is 0 Å². The molecule has 0 atom stereocenters. The number of aryl methyl sites for hydroxylation is 1. The van der Waals surface area contributed by atoms with E-state index >= 15 is 0 Å². The second-order valence-corrected chi connectivity index (χ2v) is 6.06. The summed E-state index contributed by atoms with van der Waals surface area (Å²) in [5, 5.41) is 3.43. The molecule has 0 aliphatic carbocycles. The normalized spacial score (nSPS) is 16.9. The number of hydrogen-bond donors (Lipinski definition) is 1. The van der Waals surface area contributed by atoms with Gasteiger partial charge >= 0.3 is 0 Å². The molecule has 0 amide bonds. The van der Waals surface area contributed by atoms with Gasteiger partial charge in [-0.25, -0.2) is 0 Å². The van der Waals surface area contributed by atoms with Crippen molar-refractivity contribution in [3.8, 4) is 5.75 Å². The molecule has 2 rings (SSSR count). The standard InChI is InChI=1S/C15H22BrNO/c1-10-8-14(16)11(2)13(15(10)18-3)9-12-4-6-17-7-5-12/h8,12,17H,4-7,9H2,1-3H3. The van der Waals surface area contributed by atoms with E-state index < -0.39 is 0 Å². The molecule has 0 spiro atoms. The highest BCUT2D eigenvalue weighted by Gasteiger charge is 2.19. The molecule has 2 nitrogen and oxygen atoms in total. The van der Waals surface area contributed by atoms with Crippen LogP contribution in [-0.2, 0) is 6.42 Å². The van der Waals surface area contributed by atoms with Crippen molar-refractivity contribution in [3.63, 3.8) is 0 Å². The first-order valence-electron chi connectivity index (χ1n) is 6.66. The predicted molar refractivity (Wildman–Crippen MR) is 79.5 cm³/mol. The summed E-state index contributed by atoms with van der Waals surface area (Å²) in [6.07, 6.45) is 3.68. The Balaban J connectivity index is 2.29. The summed E-state index contributed by atoms with van der Waals surface area (Å²) in [5.74, 6) is 1.86. The predicted octanol–water partition coefficient (Wildman–Crippen LogP) is 3.62. The molecule has 1 aromatic rings. The Kier molecular flexibility index (Phi) is 4.68. The molecular formula is C15H22BrNO. The SMILES string of the molecule is COc1c(C)cc(Br)c(C)c1CC1CCNCC1. The maximum absolute atomic E-state index is 5.62. The van der Waals surface area contributed by atoms with Gasteiger partial charge in [-0.3, -0.25) is 0 Å². The topological polar surface area (TPSA) is 21.3 Å². The van der Waals surface area contributed by atoms with Crippen molar-refractivity contribution >= 4 is 15.9 Å². The van der Waals surface area contributed by atoms with Crippen LogP contribution in [0.5, 0.6) is 5.75 Å². The third-order valence-electron chi connectivity index (χ3n) is 3.94. The smallest absolute Gasteiger partial charge is 0.125 e. The van der Waals surface area contributed by atoms with E-state index in [2.05, 4.69) is 41.2 Å². The summed E-state index contributed by atoms with van der Waals surface area (Å²) in [6.45, 7) is 6.61. The molecule has 1 aliphatic heterocycles. The molecule has 0 unspecified atom stereocenters. The number of halogens is 1. The summed E-state index contributed by atoms with van der Waals surface area (Å²) in [4.78, 5) is 0. The van der Waals surface area contributed by atoms with E-state index in [0.717, 1.165) is 31.2 Å². The first kappa shape index (κ1) is 13.9. The quantitative estimate of drug-likeness (QED) is 0.920. The second kappa shape index (κ2) is 6.07. The van der Waals surface area contributed by atoms with Crippen LogP contribution in [0.3, 0.4) is 0 Å². The van der Waals surface area contributed by atoms with Crippen LogP contribution in [0.15, 0.2) is 10.5 Å². The Morgan fingerprint density at radius 1 is 1.33 bits per heavy atom. The number of ether oxygens (including phenoxy) is 1. The zero-order valence-electron chi connectivity index (χ0n) is 11.5. The zero-order chi connectivity index (χ0) is 13.1. The minimum atomic E-state index is 0.785. The van der Waals surface area contributed by atoms with Crippen LogP contribution in [0, 0.1) is 19.8 Å². The fourth-order valence-corrected chi connectivity index (χ4v) is 3.40. The van der Waals surface area contributed by atoms with Crippen molar-refractivity contribution < 1.29 is 4.74 Å². The van der Waals surface area contributed by atoms with Gasteiger partial charge in [-0.05, 0) is 74.9 Å². The highest BCUT2D eigenvalue weighted by molar-refractivity contribution is 9.10. The van der Waals surface area contributed by atoms with Crippen LogP contribution < -0.4 is 10.1 Å². The number of piperidine rings is 1. The fraction of sp³-hybridized carbons (Fsp3) is 0.600. The molecule has 1 aliphatic rings. The summed E-state index contributed by atoms with van der Waals surface area (Å²) >= 11 is 3.66. The van der Waals surface area contributed by atoms with E-state index in [1.165, 1.54) is 34.0 Å². The van der Waals surface area contributed by atoms with E-state index in [1.54, 1.807) is 7.11 Å². The second-order valence-electron chi connectivity index (χ2n) is 5.21. The van der Waals surface area contributed by atoms with Gasteiger partial charge in [0.2, 0.25) is 0 Å². The Morgan fingerprint density at radius 2 is 2.00 bits per heavy atom. The van der Waals surface area contributed by atoms with Gasteiger partial charge in [0, 0.05) is 4.47 Å². The molecule has 0 saturated carbocycles. The first-order valence-corrected chi connectivity index (χ1v) is 7.46. The van der Waals surface area contributed by atoms with Crippen molar-refractivity contribution in [2.45, 2.75) is 33.1 Å². The summed E-state index contributed by atoms with van der Waals surface area (Å²) in [5.41, 5.74) is 3.94. The van der Waals surface area contributed by atoms with Gasteiger partial charge in [0.1, 0.15) is 5.75 Å². The Bertz CT molecular complexity index is 425. The summed E-state index contributed by atoms with van der Waals surface area (Å²) in [7, 11) is 1.78. The zero-order valence-corrected chi connectivity index (χ0v) is 13.1. The summed E-state index contributed by atoms with van der Waals surface area (Å²) < 4.78 is 6.82. The molecule has 0 radical (unpaired) electrons. The van der Waals surface area contributed by atoms with Crippen molar-refractivity contribution in [2.24, 2.45) is 5.92 Å². The molecule has 1 saturated heterocycles. The third-order valence-corrected chi connectivity index (χ3v) is 4.77. The maximum Gasteiger partial charge on any atom is 0.125 e. The minimum absolute atomic E-state index is 0.785. The minimum Gasteiger partial charge on any atom is -0.496 e. The number of nitrogens with one attached hydrogen (secondary N) is 1. The molecule has 0 bridgehead atoms. The monoisotopic (exact) mass is 311 g/mol. The molecular weight excluding hydrogens is 290 g/mol. The lowest BCUT2D eigenvalue weighted by Crippen LogP contribution is -2.28. The average Bonchev–Trinajstić information content (AvgIpc) is 2.37. The Morgan fingerprint density at radius 3 is 2.61 bits per heavy atom. The number of methoxy groups -OCH3 is 1. The molecule has 1 N–H and O–H groups in total. The van der Waals surface area contributed by atoms with Crippen molar-refractivity contribution in [1.82, 2.24) is 5.32 Å². The largest absolute Gasteiger partial charge is 0.496 e. The van der Waals surface area contributed by atoms with E-state index in [1.807, 2.05) is 0 Å². The summed E-state index contributed by atoms with van der Waals surface area (Å²) in [6, 6.07) is 2.15. The van der Waals surface area contributed by atoms with Crippen LogP contribution in [0.2, 0.25) is 0 Å². The first-order chi connectivity index (χ1) is 8.63. The number of benzene rings is 1. The van der Waals surface area contributed by atoms with Crippen molar-refractivity contribution in [3.05, 3.63) is 27.2 Å². The lowest BCUT2D eigenvalue weighted by atomic mass is 9.88. The van der Waals surface area contributed by atoms with Crippen LogP contribution in [0.4, 0.5) is 0 Å². The van der Waals surface area contributed by atoms with E-state index in [9.17, 15) is 0 Å². The Labute approximate surface area is 118 Å². The van der Waals surface area contributed by atoms with Crippen LogP contribution in [0.1, 0.15) is 29.5 Å². The molecule has 1 aromatic carbocycles. The van der Waals surface area contributed by atoms with Gasteiger partial charge in [-0.1, -0.05) is 15.9 Å². The van der Waals surface area contributed by atoms with Gasteiger partial charge in [0.15, 0.2) is 0 Å². The Hall–Kier alpha value is -0.540. The van der Waals surface area contributed by atoms with Gasteiger partial charge in [-0.2, -0.15) is 0 Å². The third kappa shape index (κ3) is 2.89. The van der Waals surface area contributed by atoms with Crippen LogP contribution >= 0.6 is 15.9 Å². The van der Waals surface area contributed by atoms with Gasteiger partial charge < -0.3 is 10.1 Å². The lowest BCUT2D eigenvalue weighted by molar-refractivity contribution is 0.359. The fourth-order valence-electron chi connectivity index (χ4n) is 2.82. The van der Waals surface area contributed by atoms with Gasteiger partial charge in [0.25, 0.3) is 0 Å². The molecule has 3 heteroatoms. The lowest BCUT2D eigenvalue weighted by Gasteiger charge is -2.25. The molecule has 1 fully saturated rings. The highest BCUT2D eigenvalue weighted by atomic mass is 79.9. The highest BCUT2D eigenvalue weighted by Crippen LogP contribution is 2.35. The molecule has 1 heterocycles. The molecule has 18 heavy (non-hydrogen) atoms. The van der Waals surface area contributed by atoms with Crippen molar-refractivity contribution in [2.75, 3.05) is 20.2 Å².